The predicted molar refractivity (Wildman–Crippen MR) is 83.1 cm³/mol. The first-order valence-electron chi connectivity index (χ1n) is 7.81. The van der Waals surface area contributed by atoms with Crippen molar-refractivity contribution in [3.8, 4) is 5.75 Å². The molecule has 0 radical (unpaired) electrons. The minimum atomic E-state index is -1.06. The number of benzene rings is 1. The predicted octanol–water partition coefficient (Wildman–Crippen LogP) is 1.50. The summed E-state index contributed by atoms with van der Waals surface area (Å²) in [6.45, 7) is 3.85. The van der Waals surface area contributed by atoms with Crippen molar-refractivity contribution < 1.29 is 24.8 Å². The number of aryl methyl sites for hydroxylation is 2. The molecule has 0 aliphatic carbocycles. The second kappa shape index (κ2) is 7.42. The van der Waals surface area contributed by atoms with Gasteiger partial charge in [0.1, 0.15) is 18.0 Å². The van der Waals surface area contributed by atoms with E-state index in [9.17, 15) is 15.3 Å². The lowest BCUT2D eigenvalue weighted by atomic mass is 9.91. The van der Waals surface area contributed by atoms with Crippen molar-refractivity contribution in [1.29, 1.82) is 0 Å². The van der Waals surface area contributed by atoms with E-state index in [1.54, 1.807) is 7.11 Å². The Bertz CT molecular complexity index is 502. The third-order valence-corrected chi connectivity index (χ3v) is 4.30. The van der Waals surface area contributed by atoms with E-state index in [2.05, 4.69) is 6.92 Å². The zero-order valence-corrected chi connectivity index (χ0v) is 13.5. The molecule has 0 saturated carbocycles. The van der Waals surface area contributed by atoms with Crippen LogP contribution in [-0.2, 0) is 11.2 Å². The molecule has 0 bridgehead atoms. The number of hydrogen-bond acceptors (Lipinski definition) is 5. The first-order valence-corrected chi connectivity index (χ1v) is 7.81. The van der Waals surface area contributed by atoms with Crippen molar-refractivity contribution in [1.82, 2.24) is 0 Å². The molecule has 1 saturated heterocycles. The normalized spacial score (nSPS) is 28.6. The van der Waals surface area contributed by atoms with Gasteiger partial charge in [-0.25, -0.2) is 0 Å². The van der Waals surface area contributed by atoms with E-state index >= 15 is 0 Å². The molecule has 1 heterocycles. The van der Waals surface area contributed by atoms with Gasteiger partial charge in [0.2, 0.25) is 0 Å². The Kier molecular flexibility index (Phi) is 5.81. The fraction of sp³-hybridized carbons (Fsp3) is 0.647. The van der Waals surface area contributed by atoms with Crippen molar-refractivity contribution in [3.05, 3.63) is 28.8 Å². The SMILES string of the molecule is CCCc1cc(OC)c(C2CC(O)C(O)C(CO)O2)cc1C. The van der Waals surface area contributed by atoms with E-state index < -0.39 is 24.4 Å². The van der Waals surface area contributed by atoms with Crippen LogP contribution >= 0.6 is 0 Å². The van der Waals surface area contributed by atoms with E-state index in [1.165, 1.54) is 5.56 Å². The van der Waals surface area contributed by atoms with E-state index in [0.717, 1.165) is 29.7 Å². The van der Waals surface area contributed by atoms with Crippen LogP contribution in [0.5, 0.6) is 5.75 Å². The Morgan fingerprint density at radius 3 is 2.64 bits per heavy atom. The molecule has 0 amide bonds. The van der Waals surface area contributed by atoms with E-state index in [1.807, 2.05) is 19.1 Å². The number of aliphatic hydroxyl groups excluding tert-OH is 3. The van der Waals surface area contributed by atoms with E-state index in [-0.39, 0.29) is 13.0 Å². The lowest BCUT2D eigenvalue weighted by Crippen LogP contribution is -2.47. The van der Waals surface area contributed by atoms with Crippen LogP contribution in [0, 0.1) is 6.92 Å². The summed E-state index contributed by atoms with van der Waals surface area (Å²) in [5.74, 6) is 0.722. The van der Waals surface area contributed by atoms with Crippen molar-refractivity contribution in [2.24, 2.45) is 0 Å². The van der Waals surface area contributed by atoms with Gasteiger partial charge in [-0.1, -0.05) is 13.3 Å². The van der Waals surface area contributed by atoms with Crippen LogP contribution < -0.4 is 4.74 Å². The topological polar surface area (TPSA) is 79.2 Å². The Balaban J connectivity index is 2.33. The number of methoxy groups -OCH3 is 1. The molecule has 1 aromatic rings. The van der Waals surface area contributed by atoms with E-state index in [4.69, 9.17) is 9.47 Å². The van der Waals surface area contributed by atoms with Crippen molar-refractivity contribution in [3.63, 3.8) is 0 Å². The van der Waals surface area contributed by atoms with Crippen molar-refractivity contribution >= 4 is 0 Å². The summed E-state index contributed by atoms with van der Waals surface area (Å²) in [4.78, 5) is 0. The number of rotatable bonds is 5. The maximum atomic E-state index is 10.0. The van der Waals surface area contributed by atoms with Crippen molar-refractivity contribution in [2.75, 3.05) is 13.7 Å². The first-order chi connectivity index (χ1) is 10.5. The monoisotopic (exact) mass is 310 g/mol. The highest BCUT2D eigenvalue weighted by Gasteiger charge is 2.38. The van der Waals surface area contributed by atoms with Gasteiger partial charge in [-0.05, 0) is 36.6 Å². The quantitative estimate of drug-likeness (QED) is 0.768. The molecule has 3 N–H and O–H groups in total. The van der Waals surface area contributed by atoms with Crippen LogP contribution in [0.2, 0.25) is 0 Å². The summed E-state index contributed by atoms with van der Waals surface area (Å²) in [5, 5.41) is 29.1. The molecule has 2 rings (SSSR count). The van der Waals surface area contributed by atoms with Crippen LogP contribution in [-0.4, -0.2) is 47.3 Å². The third kappa shape index (κ3) is 3.43. The molecule has 4 atom stereocenters. The van der Waals surface area contributed by atoms with Crippen LogP contribution in [0.25, 0.3) is 0 Å². The largest absolute Gasteiger partial charge is 0.496 e. The Morgan fingerprint density at radius 2 is 2.05 bits per heavy atom. The Hall–Kier alpha value is -1.14. The number of hydrogen-bond donors (Lipinski definition) is 3. The van der Waals surface area contributed by atoms with Gasteiger partial charge < -0.3 is 24.8 Å². The van der Waals surface area contributed by atoms with Gasteiger partial charge in [0, 0.05) is 12.0 Å². The molecule has 1 aromatic carbocycles. The molecule has 5 heteroatoms. The lowest BCUT2D eigenvalue weighted by Gasteiger charge is -2.37. The zero-order valence-electron chi connectivity index (χ0n) is 13.5. The first kappa shape index (κ1) is 17.2. The standard InChI is InChI=1S/C17H26O5/c1-4-5-11-7-14(21-3)12(6-10(11)2)15-8-13(19)17(20)16(9-18)22-15/h6-7,13,15-20H,4-5,8-9H2,1-3H3. The summed E-state index contributed by atoms with van der Waals surface area (Å²) in [5.41, 5.74) is 3.24. The van der Waals surface area contributed by atoms with Crippen LogP contribution in [0.1, 0.15) is 42.6 Å². The fourth-order valence-electron chi connectivity index (χ4n) is 3.02. The smallest absolute Gasteiger partial charge is 0.124 e. The van der Waals surface area contributed by atoms with Crippen LogP contribution in [0.4, 0.5) is 0 Å². The average molecular weight is 310 g/mol. The summed E-state index contributed by atoms with van der Waals surface area (Å²) in [6, 6.07) is 4.04. The molecular weight excluding hydrogens is 284 g/mol. The number of aliphatic hydroxyl groups is 3. The van der Waals surface area contributed by atoms with Crippen molar-refractivity contribution in [2.45, 2.75) is 57.5 Å². The third-order valence-electron chi connectivity index (χ3n) is 4.30. The minimum Gasteiger partial charge on any atom is -0.496 e. The second-order valence-electron chi connectivity index (χ2n) is 5.91. The molecule has 1 fully saturated rings. The molecular formula is C17H26O5. The lowest BCUT2D eigenvalue weighted by molar-refractivity contribution is -0.181. The molecule has 4 unspecified atom stereocenters. The highest BCUT2D eigenvalue weighted by atomic mass is 16.5. The molecule has 5 nitrogen and oxygen atoms in total. The molecule has 0 spiro atoms. The summed E-state index contributed by atoms with van der Waals surface area (Å²) >= 11 is 0. The average Bonchev–Trinajstić information content (AvgIpc) is 2.51. The fourth-order valence-corrected chi connectivity index (χ4v) is 3.02. The highest BCUT2D eigenvalue weighted by Crippen LogP contribution is 2.38. The maximum absolute atomic E-state index is 10.0. The zero-order chi connectivity index (χ0) is 16.3. The van der Waals surface area contributed by atoms with Gasteiger partial charge in [0.05, 0.1) is 25.9 Å². The molecule has 1 aliphatic rings. The van der Waals surface area contributed by atoms with Gasteiger partial charge in [-0.2, -0.15) is 0 Å². The molecule has 124 valence electrons. The summed E-state index contributed by atoms with van der Waals surface area (Å²) in [7, 11) is 1.61. The summed E-state index contributed by atoms with van der Waals surface area (Å²) in [6.07, 6.45) is -0.853. The van der Waals surface area contributed by atoms with Crippen LogP contribution in [0.15, 0.2) is 12.1 Å². The van der Waals surface area contributed by atoms with Gasteiger partial charge in [0.15, 0.2) is 0 Å². The maximum Gasteiger partial charge on any atom is 0.124 e. The minimum absolute atomic E-state index is 0.278. The molecule has 22 heavy (non-hydrogen) atoms. The Labute approximate surface area is 131 Å². The molecule has 0 aromatic heterocycles. The highest BCUT2D eigenvalue weighted by molar-refractivity contribution is 5.44. The van der Waals surface area contributed by atoms with E-state index in [0.29, 0.717) is 0 Å². The summed E-state index contributed by atoms with van der Waals surface area (Å²) < 4.78 is 11.2. The molecule has 1 aliphatic heterocycles. The van der Waals surface area contributed by atoms with Gasteiger partial charge in [-0.3, -0.25) is 0 Å². The van der Waals surface area contributed by atoms with Gasteiger partial charge in [0.25, 0.3) is 0 Å². The second-order valence-corrected chi connectivity index (χ2v) is 5.91. The number of ether oxygens (including phenoxy) is 2. The van der Waals surface area contributed by atoms with Crippen LogP contribution in [0.3, 0.4) is 0 Å². The van der Waals surface area contributed by atoms with Gasteiger partial charge >= 0.3 is 0 Å². The van der Waals surface area contributed by atoms with Gasteiger partial charge in [-0.15, -0.1) is 0 Å². The Morgan fingerprint density at radius 1 is 1.32 bits per heavy atom.